The second-order valence-corrected chi connectivity index (χ2v) is 12.3. The lowest BCUT2D eigenvalue weighted by molar-refractivity contribution is -0.247. The number of aliphatic hydroxyl groups is 2. The maximum absolute atomic E-state index is 12.3. The minimum atomic E-state index is -1.13. The van der Waals surface area contributed by atoms with Crippen LogP contribution in [0.15, 0.2) is 11.6 Å². The lowest BCUT2D eigenvalue weighted by Gasteiger charge is -2.70. The molecule has 0 aromatic heterocycles. The molecule has 4 fully saturated rings. The molecule has 3 saturated carbocycles. The summed E-state index contributed by atoms with van der Waals surface area (Å²) in [5, 5.41) is 22.2. The van der Waals surface area contributed by atoms with Crippen LogP contribution in [-0.4, -0.2) is 28.6 Å². The van der Waals surface area contributed by atoms with Crippen LogP contribution in [0.25, 0.3) is 0 Å². The van der Waals surface area contributed by atoms with Gasteiger partial charge in [0.25, 0.3) is 0 Å². The van der Waals surface area contributed by atoms with Crippen molar-refractivity contribution in [2.75, 3.05) is 0 Å². The molecule has 162 valence electrons. The van der Waals surface area contributed by atoms with Crippen molar-refractivity contribution in [2.45, 2.75) is 92.0 Å². The zero-order chi connectivity index (χ0) is 21.0. The van der Waals surface area contributed by atoms with Gasteiger partial charge in [-0.1, -0.05) is 47.1 Å². The van der Waals surface area contributed by atoms with Crippen LogP contribution in [0, 0.1) is 45.3 Å². The number of ether oxygens (including phenoxy) is 1. The second kappa shape index (κ2) is 5.88. The minimum absolute atomic E-state index is 0.111. The summed E-state index contributed by atoms with van der Waals surface area (Å²) < 4.78 is 5.21. The van der Waals surface area contributed by atoms with Gasteiger partial charge in [-0.05, 0) is 72.5 Å². The molecule has 0 aromatic carbocycles. The summed E-state index contributed by atoms with van der Waals surface area (Å²) in [6, 6.07) is 0. The van der Waals surface area contributed by atoms with Crippen LogP contribution < -0.4 is 0 Å². The van der Waals surface area contributed by atoms with Gasteiger partial charge in [-0.2, -0.15) is 0 Å². The van der Waals surface area contributed by atoms with E-state index in [1.165, 1.54) is 32.1 Å². The Morgan fingerprint density at radius 3 is 2.38 bits per heavy atom. The fourth-order valence-electron chi connectivity index (χ4n) is 9.63. The predicted octanol–water partition coefficient (Wildman–Crippen LogP) is 4.44. The van der Waals surface area contributed by atoms with Gasteiger partial charge in [-0.15, -0.1) is 0 Å². The Hall–Kier alpha value is -0.870. The summed E-state index contributed by atoms with van der Waals surface area (Å²) >= 11 is 0. The Balaban J connectivity index is 1.60. The van der Waals surface area contributed by atoms with E-state index in [2.05, 4.69) is 34.6 Å². The summed E-state index contributed by atoms with van der Waals surface area (Å²) in [6.45, 7) is 12.0. The molecule has 4 heteroatoms. The molecule has 1 heterocycles. The number of carbonyl (C=O) groups is 1. The summed E-state index contributed by atoms with van der Waals surface area (Å²) in [7, 11) is 0. The molecule has 0 spiro atoms. The number of hydrogen-bond acceptors (Lipinski definition) is 4. The van der Waals surface area contributed by atoms with Crippen LogP contribution in [0.2, 0.25) is 0 Å². The third kappa shape index (κ3) is 2.31. The van der Waals surface area contributed by atoms with E-state index in [4.69, 9.17) is 4.74 Å². The largest absolute Gasteiger partial charge is 0.432 e. The van der Waals surface area contributed by atoms with E-state index in [1.807, 2.05) is 6.08 Å². The van der Waals surface area contributed by atoms with E-state index in [-0.39, 0.29) is 16.7 Å². The minimum Gasteiger partial charge on any atom is -0.432 e. The number of cyclic esters (lactones) is 1. The first-order valence-electron chi connectivity index (χ1n) is 11.7. The van der Waals surface area contributed by atoms with Gasteiger partial charge in [0.05, 0.1) is 12.0 Å². The molecule has 4 nitrogen and oxygen atoms in total. The zero-order valence-corrected chi connectivity index (χ0v) is 18.7. The van der Waals surface area contributed by atoms with Crippen molar-refractivity contribution in [2.24, 2.45) is 45.3 Å². The second-order valence-electron chi connectivity index (χ2n) is 12.3. The maximum Gasteiger partial charge on any atom is 0.336 e. The van der Waals surface area contributed by atoms with Crippen LogP contribution in [0.3, 0.4) is 0 Å². The third-order valence-corrected chi connectivity index (χ3v) is 10.9. The highest BCUT2D eigenvalue weighted by Gasteiger charge is 2.70. The van der Waals surface area contributed by atoms with Gasteiger partial charge < -0.3 is 14.9 Å². The van der Waals surface area contributed by atoms with E-state index in [0.717, 1.165) is 12.8 Å². The number of fused-ring (bicyclic) bond motifs is 7. The number of carbonyl (C=O) groups excluding carboxylic acids is 1. The Bertz CT molecular complexity index is 771. The zero-order valence-electron chi connectivity index (χ0n) is 18.7. The molecule has 1 saturated heterocycles. The van der Waals surface area contributed by atoms with Crippen LogP contribution in [0.1, 0.15) is 79.6 Å². The molecule has 1 aliphatic heterocycles. The summed E-state index contributed by atoms with van der Waals surface area (Å²) in [6.07, 6.45) is 8.21. The molecular formula is C25H38O4. The number of esters is 1. The molecule has 9 unspecified atom stereocenters. The normalized spacial score (nSPS) is 55.7. The fraction of sp³-hybridized carbons (Fsp3) is 0.880. The first-order chi connectivity index (χ1) is 13.5. The standard InChI is InChI=1S/C25H38O4/c1-22(2)10-6-11-23(3)15(22)9-12-24(4)16-8-7-14-19(21(28)29-20(14)27)25(16,5)18(26)13-17(23)24/h7,15-19,21,26,28H,6,8-13H2,1-5H3. The smallest absolute Gasteiger partial charge is 0.336 e. The first-order valence-corrected chi connectivity index (χ1v) is 11.7. The molecule has 29 heavy (non-hydrogen) atoms. The van der Waals surface area contributed by atoms with Gasteiger partial charge in [-0.3, -0.25) is 0 Å². The lowest BCUT2D eigenvalue weighted by Crippen LogP contribution is -2.66. The summed E-state index contributed by atoms with van der Waals surface area (Å²) in [5.74, 6) is 0.632. The Kier molecular flexibility index (Phi) is 4.07. The van der Waals surface area contributed by atoms with Crippen molar-refractivity contribution >= 4 is 5.97 Å². The average Bonchev–Trinajstić information content (AvgIpc) is 2.91. The molecule has 0 aromatic rings. The van der Waals surface area contributed by atoms with E-state index in [0.29, 0.717) is 22.8 Å². The van der Waals surface area contributed by atoms with Gasteiger partial charge in [0.2, 0.25) is 6.29 Å². The number of hydrogen-bond donors (Lipinski definition) is 2. The van der Waals surface area contributed by atoms with E-state index >= 15 is 0 Å². The van der Waals surface area contributed by atoms with Crippen molar-refractivity contribution in [3.05, 3.63) is 11.6 Å². The Morgan fingerprint density at radius 1 is 0.966 bits per heavy atom. The topological polar surface area (TPSA) is 66.8 Å². The molecule has 5 aliphatic rings. The van der Waals surface area contributed by atoms with Crippen molar-refractivity contribution in [3.63, 3.8) is 0 Å². The highest BCUT2D eigenvalue weighted by Crippen LogP contribution is 2.73. The summed E-state index contributed by atoms with van der Waals surface area (Å²) in [4.78, 5) is 12.3. The highest BCUT2D eigenvalue weighted by molar-refractivity contribution is 5.91. The molecule has 0 radical (unpaired) electrons. The number of rotatable bonds is 0. The Morgan fingerprint density at radius 2 is 1.66 bits per heavy atom. The molecular weight excluding hydrogens is 364 g/mol. The molecule has 4 aliphatic carbocycles. The van der Waals surface area contributed by atoms with Crippen molar-refractivity contribution in [3.8, 4) is 0 Å². The Labute approximate surface area is 175 Å². The van der Waals surface area contributed by atoms with Crippen molar-refractivity contribution in [1.82, 2.24) is 0 Å². The van der Waals surface area contributed by atoms with Gasteiger partial charge in [0, 0.05) is 11.0 Å². The van der Waals surface area contributed by atoms with E-state index < -0.39 is 29.7 Å². The fourth-order valence-corrected chi connectivity index (χ4v) is 9.63. The van der Waals surface area contributed by atoms with Gasteiger partial charge in [0.1, 0.15) is 0 Å². The van der Waals surface area contributed by atoms with E-state index in [9.17, 15) is 15.0 Å². The number of allylic oxidation sites excluding steroid dienone is 1. The SMILES string of the molecule is CC1(C)CCCC2(C)C1CCC1(C)C2CC(O)C2(C)C3C(=CCC12)C(=O)OC3O. The van der Waals surface area contributed by atoms with Crippen LogP contribution in [0.5, 0.6) is 0 Å². The lowest BCUT2D eigenvalue weighted by atomic mass is 9.34. The molecule has 9 atom stereocenters. The number of aliphatic hydroxyl groups excluding tert-OH is 2. The summed E-state index contributed by atoms with van der Waals surface area (Å²) in [5.41, 5.74) is 0.799. The molecule has 0 amide bonds. The average molecular weight is 403 g/mol. The third-order valence-electron chi connectivity index (χ3n) is 10.9. The highest BCUT2D eigenvalue weighted by atomic mass is 16.6. The van der Waals surface area contributed by atoms with Crippen LogP contribution in [0.4, 0.5) is 0 Å². The monoisotopic (exact) mass is 402 g/mol. The van der Waals surface area contributed by atoms with Gasteiger partial charge in [-0.25, -0.2) is 4.79 Å². The van der Waals surface area contributed by atoms with Crippen molar-refractivity contribution < 1.29 is 19.7 Å². The van der Waals surface area contributed by atoms with Crippen LogP contribution in [-0.2, 0) is 9.53 Å². The molecule has 0 bridgehead atoms. The van der Waals surface area contributed by atoms with Gasteiger partial charge >= 0.3 is 5.97 Å². The van der Waals surface area contributed by atoms with Gasteiger partial charge in [0.15, 0.2) is 0 Å². The first kappa shape index (κ1) is 20.1. The maximum atomic E-state index is 12.3. The van der Waals surface area contributed by atoms with E-state index in [1.54, 1.807) is 0 Å². The predicted molar refractivity (Wildman–Crippen MR) is 111 cm³/mol. The molecule has 2 N–H and O–H groups in total. The van der Waals surface area contributed by atoms with Crippen molar-refractivity contribution in [1.29, 1.82) is 0 Å². The molecule has 5 rings (SSSR count). The quantitative estimate of drug-likeness (QED) is 0.588. The van der Waals surface area contributed by atoms with Crippen LogP contribution >= 0.6 is 0 Å².